The average molecular weight is 1070 g/mol. The van der Waals surface area contributed by atoms with Crippen molar-refractivity contribution in [1.82, 2.24) is 0 Å². The Balaban J connectivity index is 0.000000165. The van der Waals surface area contributed by atoms with Crippen LogP contribution >= 0.6 is 0 Å². The molecular formula is C68H116N2O7. The minimum Gasteiger partial charge on any atom is -0.390 e. The van der Waals surface area contributed by atoms with E-state index in [0.717, 1.165) is 112 Å². The van der Waals surface area contributed by atoms with Crippen molar-refractivity contribution < 1.29 is 34.3 Å². The summed E-state index contributed by atoms with van der Waals surface area (Å²) in [6, 6.07) is 5.28. The number of fused-ring (bicyclic) bond motifs is 15. The smallest absolute Gasteiger partial charge is 0.139 e. The predicted octanol–water partition coefficient (Wildman–Crippen LogP) is 15.0. The fourth-order valence-corrected chi connectivity index (χ4v) is 23.1. The zero-order chi connectivity index (χ0) is 52.8. The van der Waals surface area contributed by atoms with Crippen LogP contribution < -0.4 is 0 Å². The van der Waals surface area contributed by atoms with E-state index in [9.17, 15) is 30.6 Å². The van der Waals surface area contributed by atoms with Gasteiger partial charge in [-0.05, 0) is 267 Å². The highest BCUT2D eigenvalue weighted by molar-refractivity contribution is 5.87. The van der Waals surface area contributed by atoms with E-state index in [1.54, 1.807) is 0 Å². The Morgan fingerprint density at radius 2 is 0.766 bits per heavy atom. The van der Waals surface area contributed by atoms with Gasteiger partial charge in [-0.25, -0.2) is 0 Å². The van der Waals surface area contributed by atoms with Crippen LogP contribution in [0.5, 0.6) is 0 Å². The lowest BCUT2D eigenvalue weighted by molar-refractivity contribution is -0.170. The van der Waals surface area contributed by atoms with Crippen molar-refractivity contribution in [3.05, 3.63) is 0 Å². The molecule has 0 aromatic carbocycles. The Morgan fingerprint density at radius 3 is 1.10 bits per heavy atom. The highest BCUT2D eigenvalue weighted by atomic mass is 16.5. The fraction of sp³-hybridized carbons (Fsp3) is 0.956. The summed E-state index contributed by atoms with van der Waals surface area (Å²) in [4.78, 5) is 12.5. The van der Waals surface area contributed by atoms with Gasteiger partial charge in [0.1, 0.15) is 5.78 Å². The molecule has 77 heavy (non-hydrogen) atoms. The molecule has 0 spiro atoms. The molecule has 0 aromatic heterocycles. The van der Waals surface area contributed by atoms with E-state index in [1.807, 2.05) is 20.8 Å². The Hall–Kier alpha value is -1.59. The summed E-state index contributed by atoms with van der Waals surface area (Å²) in [5.41, 5.74) is 1.40. The number of aliphatic hydroxyl groups is 3. The summed E-state index contributed by atoms with van der Waals surface area (Å²) in [6.07, 6.45) is 26.6. The molecule has 12 rings (SSSR count). The zero-order valence-electron chi connectivity index (χ0n) is 48.0. The molecule has 9 nitrogen and oxygen atoms in total. The monoisotopic (exact) mass is 1070 g/mol. The summed E-state index contributed by atoms with van der Waals surface area (Å²) in [7, 11) is 0. The van der Waals surface area contributed by atoms with Gasteiger partial charge in [-0.1, -0.05) is 63.8 Å². The van der Waals surface area contributed by atoms with Crippen molar-refractivity contribution in [2.75, 3.05) is 19.8 Å². The molecule has 0 aromatic rings. The first kappa shape index (κ1) is 63.0. The van der Waals surface area contributed by atoms with Gasteiger partial charge in [0.2, 0.25) is 0 Å². The van der Waals surface area contributed by atoms with Crippen molar-refractivity contribution in [1.29, 1.82) is 10.5 Å². The quantitative estimate of drug-likeness (QED) is 0.236. The van der Waals surface area contributed by atoms with Crippen molar-refractivity contribution >= 4 is 5.78 Å². The maximum atomic E-state index is 12.5. The van der Waals surface area contributed by atoms with Crippen molar-refractivity contribution in [3.63, 3.8) is 0 Å². The van der Waals surface area contributed by atoms with Gasteiger partial charge in [-0.2, -0.15) is 10.5 Å². The Kier molecular flexibility index (Phi) is 19.6. The topological polar surface area (TPSA) is 153 Å². The van der Waals surface area contributed by atoms with Crippen molar-refractivity contribution in [2.24, 2.45) is 115 Å². The number of rotatable bonds is 6. The molecule has 0 heterocycles. The summed E-state index contributed by atoms with van der Waals surface area (Å²) in [6.45, 7) is 22.8. The maximum Gasteiger partial charge on any atom is 0.139 e. The minimum absolute atomic E-state index is 0. The lowest BCUT2D eigenvalue weighted by Crippen LogP contribution is -2.57. The number of hydrogen-bond donors (Lipinski definition) is 3. The third-order valence-electron chi connectivity index (χ3n) is 27.1. The molecule has 0 aliphatic heterocycles. The Labute approximate surface area is 471 Å². The van der Waals surface area contributed by atoms with Crippen LogP contribution in [0.25, 0.3) is 0 Å². The molecular weight excluding hydrogens is 957 g/mol. The second-order valence-corrected chi connectivity index (χ2v) is 29.5. The number of ketones is 1. The standard InChI is InChI=1S/2C22H35NO2.C21H34O3.3CH4/c2*1-4-25-20-12-22(3)14(11-19(20)24)5-7-16-17-8-6-15(13-23)21(17,2)10-9-18(16)22;1-4-24-18-12-21(3)13(11-17(18)22)5-6-14-15-7-8-19(23)20(15,2)10-9-16(14)21;;;/h2*14-20,24H,4-12H2,1-3H3;13-18,22H,4-12H2,1-3H3;3*1H4/t14-,15+,16-,17-,18-,19-,20-,21+,22-;14-,15-,16-,17-,18-,19-,20-,21+,22-;13-,14-,15-,16-,17-,18-,20-,21-;;;/m000.../s1. The van der Waals surface area contributed by atoms with E-state index >= 15 is 0 Å². The van der Waals surface area contributed by atoms with Gasteiger partial charge in [0, 0.05) is 31.7 Å². The summed E-state index contributed by atoms with van der Waals surface area (Å²) in [5, 5.41) is 50.9. The van der Waals surface area contributed by atoms with Gasteiger partial charge in [0.05, 0.1) is 60.6 Å². The fourth-order valence-electron chi connectivity index (χ4n) is 23.1. The summed E-state index contributed by atoms with van der Waals surface area (Å²) in [5.74, 6) is 9.64. The molecule has 0 amide bonds. The number of ether oxygens (including phenoxy) is 3. The number of aliphatic hydroxyl groups excluding tert-OH is 3. The zero-order valence-corrected chi connectivity index (χ0v) is 48.0. The molecule has 9 heteroatoms. The summed E-state index contributed by atoms with van der Waals surface area (Å²) >= 11 is 0. The van der Waals surface area contributed by atoms with Crippen LogP contribution in [0.15, 0.2) is 0 Å². The highest BCUT2D eigenvalue weighted by Crippen LogP contribution is 2.70. The van der Waals surface area contributed by atoms with Gasteiger partial charge in [0.15, 0.2) is 0 Å². The van der Waals surface area contributed by atoms with E-state index in [1.165, 1.54) is 83.5 Å². The van der Waals surface area contributed by atoms with E-state index in [0.29, 0.717) is 66.0 Å². The Bertz CT molecular complexity index is 1990. The van der Waals surface area contributed by atoms with E-state index in [-0.39, 0.29) is 92.4 Å². The minimum atomic E-state index is -0.290. The van der Waals surface area contributed by atoms with Gasteiger partial charge in [0.25, 0.3) is 0 Å². The van der Waals surface area contributed by atoms with E-state index < -0.39 is 0 Å². The lowest BCUT2D eigenvalue weighted by atomic mass is 9.44. The van der Waals surface area contributed by atoms with Crippen molar-refractivity contribution in [2.45, 2.75) is 275 Å². The number of Topliss-reactive ketones (excluding diaryl/α,β-unsaturated/α-hetero) is 1. The first-order valence-corrected chi connectivity index (χ1v) is 31.5. The molecule has 12 fully saturated rings. The average Bonchev–Trinajstić information content (AvgIpc) is 4.14. The first-order chi connectivity index (χ1) is 35.3. The molecule has 0 bridgehead atoms. The highest BCUT2D eigenvalue weighted by Gasteiger charge is 2.65. The number of carbonyl (C=O) groups excluding carboxylic acids is 1. The molecule has 0 radical (unpaired) electrons. The van der Waals surface area contributed by atoms with Gasteiger partial charge < -0.3 is 29.5 Å². The van der Waals surface area contributed by atoms with Crippen LogP contribution in [-0.4, -0.2) is 77.5 Å². The molecule has 12 aliphatic carbocycles. The molecule has 0 saturated heterocycles. The van der Waals surface area contributed by atoms with Crippen LogP contribution in [-0.2, 0) is 19.0 Å². The van der Waals surface area contributed by atoms with Crippen LogP contribution in [0.2, 0.25) is 0 Å². The van der Waals surface area contributed by atoms with Crippen LogP contribution in [0.3, 0.4) is 0 Å². The molecule has 3 N–H and O–H groups in total. The number of hydrogen-bond acceptors (Lipinski definition) is 9. The van der Waals surface area contributed by atoms with E-state index in [4.69, 9.17) is 14.2 Å². The molecule has 0 unspecified atom stereocenters. The van der Waals surface area contributed by atoms with Crippen LogP contribution in [0.1, 0.15) is 239 Å². The van der Waals surface area contributed by atoms with E-state index in [2.05, 4.69) is 53.7 Å². The molecule has 26 atom stereocenters. The lowest BCUT2D eigenvalue weighted by Gasteiger charge is -2.61. The maximum absolute atomic E-state index is 12.5. The normalized spacial score (nSPS) is 52.5. The SMILES string of the molecule is C.C.C.CCO[C@H]1C[C@@]2(C)[C@@H](CC[C@@H]3[C@@H]2CC[C@]2(C)C(=O)CC[C@@H]32)C[C@@H]1O.CCO[C@H]1C[C@@]2(C)[C@@H](CC[C@@H]3[C@@H]2CC[C@]2(C)[C@@H](C#N)CC[C@@H]32)C[C@@H]1O.CCO[C@H]1C[C@@]2(C)[C@@H](CC[C@@H]3[C@@H]2CC[C@]2(C)[C@H](C#N)CC[C@@H]32)C[C@@H]1O. The van der Waals surface area contributed by atoms with Gasteiger partial charge in [-0.3, -0.25) is 4.79 Å². The second-order valence-electron chi connectivity index (χ2n) is 29.5. The largest absolute Gasteiger partial charge is 0.390 e. The molecule has 12 aliphatic rings. The first-order valence-electron chi connectivity index (χ1n) is 31.5. The second kappa shape index (κ2) is 23.9. The third kappa shape index (κ3) is 10.3. The number of carbonyl (C=O) groups is 1. The summed E-state index contributed by atoms with van der Waals surface area (Å²) < 4.78 is 17.8. The van der Waals surface area contributed by atoms with Gasteiger partial charge in [-0.15, -0.1) is 0 Å². The van der Waals surface area contributed by atoms with Gasteiger partial charge >= 0.3 is 0 Å². The number of nitriles is 2. The Morgan fingerprint density at radius 1 is 0.442 bits per heavy atom. The third-order valence-corrected chi connectivity index (χ3v) is 27.1. The number of nitrogens with zero attached hydrogens (tertiary/aromatic N) is 2. The van der Waals surface area contributed by atoms with Crippen LogP contribution in [0.4, 0.5) is 0 Å². The molecule has 440 valence electrons. The predicted molar refractivity (Wildman–Crippen MR) is 309 cm³/mol. The van der Waals surface area contributed by atoms with Crippen LogP contribution in [0, 0.1) is 138 Å². The van der Waals surface area contributed by atoms with Crippen molar-refractivity contribution in [3.8, 4) is 12.1 Å². The molecule has 12 saturated carbocycles.